The molecule has 7 heteroatoms. The number of rotatable bonds is 8. The molecule has 0 fully saturated rings. The second-order valence-corrected chi connectivity index (χ2v) is 7.56. The maximum absolute atomic E-state index is 12.3. The average Bonchev–Trinajstić information content (AvgIpc) is 3.11. The van der Waals surface area contributed by atoms with Crippen molar-refractivity contribution in [2.24, 2.45) is 0 Å². The van der Waals surface area contributed by atoms with Gasteiger partial charge in [-0.15, -0.1) is 10.2 Å². The van der Waals surface area contributed by atoms with Crippen molar-refractivity contribution in [1.82, 2.24) is 20.1 Å². The van der Waals surface area contributed by atoms with Gasteiger partial charge in [-0.25, -0.2) is 0 Å². The minimum Gasteiger partial charge on any atom is -0.383 e. The highest BCUT2D eigenvalue weighted by Crippen LogP contribution is 2.25. The second kappa shape index (κ2) is 9.19. The minimum atomic E-state index is 0.00140. The number of hydrogen-bond acceptors (Lipinski definition) is 5. The fourth-order valence-electron chi connectivity index (χ4n) is 3.22. The summed E-state index contributed by atoms with van der Waals surface area (Å²) in [6, 6.07) is 6.62. The number of carbonyl (C=O) groups excluding carboxylic acids is 1. The van der Waals surface area contributed by atoms with Crippen LogP contribution in [0.1, 0.15) is 42.5 Å². The molecule has 1 aromatic heterocycles. The minimum absolute atomic E-state index is 0.00140. The van der Waals surface area contributed by atoms with Crippen molar-refractivity contribution < 1.29 is 9.53 Å². The highest BCUT2D eigenvalue weighted by atomic mass is 32.2. The molecule has 0 bridgehead atoms. The molecule has 26 heavy (non-hydrogen) atoms. The number of nitrogens with zero attached hydrogens (tertiary/aromatic N) is 3. The van der Waals surface area contributed by atoms with E-state index in [-0.39, 0.29) is 11.9 Å². The summed E-state index contributed by atoms with van der Waals surface area (Å²) in [4.78, 5) is 12.3. The zero-order valence-electron chi connectivity index (χ0n) is 15.4. The molecule has 140 valence electrons. The van der Waals surface area contributed by atoms with Crippen molar-refractivity contribution in [3.63, 3.8) is 0 Å². The van der Waals surface area contributed by atoms with E-state index in [1.807, 2.05) is 11.5 Å². The zero-order chi connectivity index (χ0) is 18.4. The Labute approximate surface area is 158 Å². The van der Waals surface area contributed by atoms with Gasteiger partial charge in [0.15, 0.2) is 5.16 Å². The van der Waals surface area contributed by atoms with E-state index in [1.165, 1.54) is 47.7 Å². The van der Waals surface area contributed by atoms with Gasteiger partial charge in [-0.1, -0.05) is 30.0 Å². The molecule has 1 heterocycles. The Morgan fingerprint density at radius 3 is 2.96 bits per heavy atom. The van der Waals surface area contributed by atoms with Crippen LogP contribution in [0.25, 0.3) is 0 Å². The lowest BCUT2D eigenvalue weighted by atomic mass is 9.89. The fourth-order valence-corrected chi connectivity index (χ4v) is 3.97. The first-order valence-electron chi connectivity index (χ1n) is 9.08. The van der Waals surface area contributed by atoms with E-state index in [9.17, 15) is 4.79 Å². The van der Waals surface area contributed by atoms with E-state index in [0.29, 0.717) is 18.9 Å². The third-order valence-electron chi connectivity index (χ3n) is 4.70. The highest BCUT2D eigenvalue weighted by Gasteiger charge is 2.15. The molecule has 0 saturated carbocycles. The predicted molar refractivity (Wildman–Crippen MR) is 102 cm³/mol. The van der Waals surface area contributed by atoms with Gasteiger partial charge in [0.2, 0.25) is 5.91 Å². The molecule has 2 aromatic rings. The molecular formula is C19H26N4O2S. The maximum atomic E-state index is 12.3. The number of aromatic nitrogens is 3. The fraction of sp³-hybridized carbons (Fsp3) is 0.526. The molecule has 1 atom stereocenters. The lowest BCUT2D eigenvalue weighted by Gasteiger charge is -2.20. The molecule has 0 unspecified atom stereocenters. The Kier molecular flexibility index (Phi) is 6.68. The van der Waals surface area contributed by atoms with Gasteiger partial charge in [-0.05, 0) is 49.3 Å². The van der Waals surface area contributed by atoms with E-state index in [0.717, 1.165) is 11.6 Å². The van der Waals surface area contributed by atoms with Gasteiger partial charge in [-0.2, -0.15) is 0 Å². The van der Waals surface area contributed by atoms with Crippen LogP contribution >= 0.6 is 11.8 Å². The van der Waals surface area contributed by atoms with Gasteiger partial charge in [0.05, 0.1) is 18.4 Å². The van der Waals surface area contributed by atoms with Crippen LogP contribution in [-0.2, 0) is 28.9 Å². The Morgan fingerprint density at radius 1 is 1.35 bits per heavy atom. The molecule has 1 aliphatic carbocycles. The number of hydrogen-bond donors (Lipinski definition) is 1. The Balaban J connectivity index is 1.52. The number of aryl methyl sites for hydroxylation is 2. The van der Waals surface area contributed by atoms with Gasteiger partial charge in [-0.3, -0.25) is 4.79 Å². The second-order valence-electron chi connectivity index (χ2n) is 6.61. The number of carbonyl (C=O) groups is 1. The van der Waals surface area contributed by atoms with E-state index in [1.54, 1.807) is 13.4 Å². The van der Waals surface area contributed by atoms with Gasteiger partial charge in [0.1, 0.15) is 6.33 Å². The molecule has 0 saturated heterocycles. The van der Waals surface area contributed by atoms with Gasteiger partial charge in [0, 0.05) is 13.7 Å². The maximum Gasteiger partial charge on any atom is 0.230 e. The summed E-state index contributed by atoms with van der Waals surface area (Å²) in [7, 11) is 1.66. The number of nitrogens with one attached hydrogen (secondary N) is 1. The Hall–Kier alpha value is -1.86. The zero-order valence-corrected chi connectivity index (χ0v) is 16.2. The summed E-state index contributed by atoms with van der Waals surface area (Å²) in [6.45, 7) is 3.31. The van der Waals surface area contributed by atoms with Crippen molar-refractivity contribution >= 4 is 17.7 Å². The van der Waals surface area contributed by atoms with Crippen LogP contribution in [-0.4, -0.2) is 40.1 Å². The smallest absolute Gasteiger partial charge is 0.230 e. The van der Waals surface area contributed by atoms with Crippen molar-refractivity contribution in [3.05, 3.63) is 41.2 Å². The summed E-state index contributed by atoms with van der Waals surface area (Å²) in [5, 5.41) is 11.8. The summed E-state index contributed by atoms with van der Waals surface area (Å²) in [5.74, 6) is 0.322. The quantitative estimate of drug-likeness (QED) is 0.720. The molecular weight excluding hydrogens is 348 g/mol. The van der Waals surface area contributed by atoms with Crippen molar-refractivity contribution in [3.8, 4) is 0 Å². The van der Waals surface area contributed by atoms with E-state index >= 15 is 0 Å². The first-order valence-corrected chi connectivity index (χ1v) is 10.1. The molecule has 1 aromatic carbocycles. The summed E-state index contributed by atoms with van der Waals surface area (Å²) < 4.78 is 6.97. The summed E-state index contributed by atoms with van der Waals surface area (Å²) in [6.07, 6.45) is 6.53. The highest BCUT2D eigenvalue weighted by molar-refractivity contribution is 7.99. The molecule has 1 aliphatic rings. The third-order valence-corrected chi connectivity index (χ3v) is 5.68. The number of benzene rings is 1. The molecule has 3 rings (SSSR count). The topological polar surface area (TPSA) is 69.0 Å². The summed E-state index contributed by atoms with van der Waals surface area (Å²) >= 11 is 1.39. The standard InChI is InChI=1S/C19H26N4O2S/c1-14(16-8-7-15-5-3-4-6-17(15)11-16)21-18(24)12-26-19-22-20-13-23(19)9-10-25-2/h7-8,11,13-14H,3-6,9-10,12H2,1-2H3,(H,21,24)/t14-/m1/s1. The number of fused-ring (bicyclic) bond motifs is 1. The van der Waals surface area contributed by atoms with Gasteiger partial charge in [0.25, 0.3) is 0 Å². The average molecular weight is 375 g/mol. The van der Waals surface area contributed by atoms with Gasteiger partial charge < -0.3 is 14.6 Å². The Morgan fingerprint density at radius 2 is 2.15 bits per heavy atom. The number of methoxy groups -OCH3 is 1. The van der Waals surface area contributed by atoms with Crippen LogP contribution in [0.2, 0.25) is 0 Å². The van der Waals surface area contributed by atoms with Crippen LogP contribution in [0, 0.1) is 0 Å². The molecule has 1 N–H and O–H groups in total. The van der Waals surface area contributed by atoms with E-state index in [2.05, 4.69) is 33.7 Å². The number of amides is 1. The van der Waals surface area contributed by atoms with E-state index < -0.39 is 0 Å². The van der Waals surface area contributed by atoms with Crippen molar-refractivity contribution in [2.75, 3.05) is 19.5 Å². The van der Waals surface area contributed by atoms with Crippen LogP contribution in [0.4, 0.5) is 0 Å². The van der Waals surface area contributed by atoms with Crippen LogP contribution in [0.15, 0.2) is 29.7 Å². The lowest BCUT2D eigenvalue weighted by Crippen LogP contribution is -2.28. The largest absolute Gasteiger partial charge is 0.383 e. The summed E-state index contributed by atoms with van der Waals surface area (Å²) in [5.41, 5.74) is 4.08. The number of thioether (sulfide) groups is 1. The van der Waals surface area contributed by atoms with Crippen molar-refractivity contribution in [1.29, 1.82) is 0 Å². The SMILES string of the molecule is COCCn1cnnc1SCC(=O)N[C@H](C)c1ccc2c(c1)CCCC2. The lowest BCUT2D eigenvalue weighted by molar-refractivity contribution is -0.119. The Bertz CT molecular complexity index is 747. The van der Waals surface area contributed by atoms with Crippen LogP contribution < -0.4 is 5.32 Å². The van der Waals surface area contributed by atoms with Crippen LogP contribution in [0.3, 0.4) is 0 Å². The van der Waals surface area contributed by atoms with Crippen LogP contribution in [0.5, 0.6) is 0 Å². The van der Waals surface area contributed by atoms with E-state index in [4.69, 9.17) is 4.74 Å². The van der Waals surface area contributed by atoms with Crippen molar-refractivity contribution in [2.45, 2.75) is 50.4 Å². The van der Waals surface area contributed by atoms with Gasteiger partial charge >= 0.3 is 0 Å². The molecule has 0 spiro atoms. The normalized spacial score (nSPS) is 14.7. The monoisotopic (exact) mass is 374 g/mol. The molecule has 1 amide bonds. The molecule has 0 aliphatic heterocycles. The number of ether oxygens (including phenoxy) is 1. The molecule has 0 radical (unpaired) electrons. The molecule has 6 nitrogen and oxygen atoms in total. The predicted octanol–water partition coefficient (Wildman–Crippen LogP) is 2.77. The first kappa shape index (κ1) is 18.9. The first-order chi connectivity index (χ1) is 12.7. The third kappa shape index (κ3) is 4.86.